The fourth-order valence-corrected chi connectivity index (χ4v) is 0. The van der Waals surface area contributed by atoms with Crippen LogP contribution in [0.15, 0.2) is 0 Å². The fourth-order valence-electron chi connectivity index (χ4n) is 0. The van der Waals surface area contributed by atoms with Gasteiger partial charge in [-0.25, -0.2) is 0 Å². The molecule has 0 saturated heterocycles. The average molecular weight is 202 g/mol. The second-order valence-corrected chi connectivity index (χ2v) is 0.224. The van der Waals surface area contributed by atoms with Crippen molar-refractivity contribution < 1.29 is 32.6 Å². The van der Waals surface area contributed by atoms with Crippen molar-refractivity contribution >= 4 is 0 Å². The van der Waals surface area contributed by atoms with E-state index >= 15 is 0 Å². The van der Waals surface area contributed by atoms with E-state index in [1.54, 1.807) is 0 Å². The van der Waals surface area contributed by atoms with Gasteiger partial charge in [-0.3, -0.25) is 0 Å². The van der Waals surface area contributed by atoms with Crippen molar-refractivity contribution in [3.63, 3.8) is 0 Å². The van der Waals surface area contributed by atoms with Crippen LogP contribution in [0.2, 0.25) is 0 Å². The van der Waals surface area contributed by atoms with E-state index in [4.69, 9.17) is 20.4 Å². The van der Waals surface area contributed by atoms with E-state index in [1.165, 1.54) is 0 Å². The molecule has 0 rings (SSSR count). The van der Waals surface area contributed by atoms with Crippen molar-refractivity contribution in [2.24, 2.45) is 0 Å². The van der Waals surface area contributed by atoms with Crippen LogP contribution in [0.1, 0.15) is 0 Å². The summed E-state index contributed by atoms with van der Waals surface area (Å²) in [6, 6.07) is 0. The molecule has 0 atom stereocenters. The van der Waals surface area contributed by atoms with Crippen molar-refractivity contribution in [2.45, 2.75) is 0 Å². The zero-order valence-electron chi connectivity index (χ0n) is 3.42. The van der Waals surface area contributed by atoms with E-state index in [0.29, 0.717) is 0 Å². The molecule has 0 aromatic heterocycles. The molecule has 0 saturated carbocycles. The molecule has 0 aromatic rings. The first-order valence-electron chi connectivity index (χ1n) is 0.995. The monoisotopic (exact) mass is 201 g/mol. The van der Waals surface area contributed by atoms with Crippen LogP contribution in [-0.2, 0) is 22.4 Å². The largest absolute Gasteiger partial charge is 1.00 e. The van der Waals surface area contributed by atoms with Gasteiger partial charge in [-0.2, -0.15) is 0 Å². The molecule has 5 nitrogen and oxygen atoms in total. The standard InChI is InChI=1S/CH4O.Ag.NO3/c1-2;;2-1(3)4/h2H,1H3;;/q;+1;-1. The Morgan fingerprint density at radius 1 is 1.43 bits per heavy atom. The zero-order chi connectivity index (χ0) is 5.58. The summed E-state index contributed by atoms with van der Waals surface area (Å²) >= 11 is 0. The summed E-state index contributed by atoms with van der Waals surface area (Å²) < 4.78 is 0. The number of nitrogens with zero attached hydrogens (tertiary/aromatic N) is 1. The molecule has 0 aliphatic heterocycles. The minimum absolute atomic E-state index is 0. The maximum absolute atomic E-state index is 8.25. The Hall–Kier alpha value is -0.0997. The second-order valence-electron chi connectivity index (χ2n) is 0.224. The molecule has 48 valence electrons. The van der Waals surface area contributed by atoms with Crippen molar-refractivity contribution in [1.29, 1.82) is 0 Å². The molecule has 0 radical (unpaired) electrons. The van der Waals surface area contributed by atoms with E-state index in [2.05, 4.69) is 0 Å². The summed E-state index contributed by atoms with van der Waals surface area (Å²) in [5.41, 5.74) is 0. The molecule has 1 N–H and O–H groups in total. The predicted octanol–water partition coefficient (Wildman–Crippen LogP) is -0.633. The third-order valence-electron chi connectivity index (χ3n) is 0. The van der Waals surface area contributed by atoms with Gasteiger partial charge in [-0.1, -0.05) is 0 Å². The van der Waals surface area contributed by atoms with E-state index in [0.717, 1.165) is 7.11 Å². The Balaban J connectivity index is -0.0000000480. The van der Waals surface area contributed by atoms with Gasteiger partial charge < -0.3 is 20.4 Å². The predicted molar refractivity (Wildman–Crippen MR) is 18.5 cm³/mol. The number of hydrogen-bond donors (Lipinski definition) is 1. The first-order chi connectivity index (χ1) is 2.73. The van der Waals surface area contributed by atoms with Gasteiger partial charge in [0.05, 0.1) is 5.09 Å². The smallest absolute Gasteiger partial charge is 0.400 e. The van der Waals surface area contributed by atoms with Gasteiger partial charge in [-0.05, 0) is 0 Å². The quantitative estimate of drug-likeness (QED) is 0.321. The van der Waals surface area contributed by atoms with Gasteiger partial charge in [0.15, 0.2) is 0 Å². The topological polar surface area (TPSA) is 86.4 Å². The van der Waals surface area contributed by atoms with Crippen molar-refractivity contribution in [2.75, 3.05) is 7.11 Å². The SMILES string of the molecule is CO.O=[N+]([O-])[O-].[Ag+]. The van der Waals surface area contributed by atoms with Gasteiger partial charge in [0.2, 0.25) is 0 Å². The van der Waals surface area contributed by atoms with Crippen LogP contribution in [0, 0.1) is 15.3 Å². The maximum atomic E-state index is 8.25. The third kappa shape index (κ3) is 9020. The van der Waals surface area contributed by atoms with Crippen molar-refractivity contribution in [3.05, 3.63) is 15.3 Å². The number of rotatable bonds is 0. The summed E-state index contributed by atoms with van der Waals surface area (Å²) in [5, 5.41) is 21.8. The molecule has 0 aromatic carbocycles. The first-order valence-corrected chi connectivity index (χ1v) is 0.995. The third-order valence-corrected chi connectivity index (χ3v) is 0. The zero-order valence-corrected chi connectivity index (χ0v) is 4.90. The molecule has 0 aliphatic rings. The number of hydrogen-bond acceptors (Lipinski definition) is 4. The average Bonchev–Trinajstić information content (AvgIpc) is 1.41. The molecule has 0 amide bonds. The number of aliphatic hydroxyl groups excluding tert-OH is 1. The molecule has 0 heterocycles. The molecular weight excluding hydrogens is 198 g/mol. The van der Waals surface area contributed by atoms with Gasteiger partial charge in [-0.15, -0.1) is 0 Å². The Kier molecular flexibility index (Phi) is 38.0. The van der Waals surface area contributed by atoms with Crippen LogP contribution in [0.3, 0.4) is 0 Å². The van der Waals surface area contributed by atoms with E-state index in [9.17, 15) is 0 Å². The van der Waals surface area contributed by atoms with E-state index in [1.807, 2.05) is 0 Å². The maximum Gasteiger partial charge on any atom is 1.00 e. The Morgan fingerprint density at radius 2 is 1.43 bits per heavy atom. The molecule has 0 bridgehead atoms. The molecule has 0 fully saturated rings. The van der Waals surface area contributed by atoms with E-state index < -0.39 is 5.09 Å². The molecule has 7 heavy (non-hydrogen) atoms. The molecule has 0 aliphatic carbocycles. The van der Waals surface area contributed by atoms with Crippen LogP contribution < -0.4 is 0 Å². The normalized spacial score (nSPS) is 4.29. The van der Waals surface area contributed by atoms with Gasteiger partial charge >= 0.3 is 22.4 Å². The van der Waals surface area contributed by atoms with Gasteiger partial charge in [0, 0.05) is 7.11 Å². The van der Waals surface area contributed by atoms with Crippen LogP contribution >= 0.6 is 0 Å². The van der Waals surface area contributed by atoms with Crippen molar-refractivity contribution in [1.82, 2.24) is 0 Å². The first kappa shape index (κ1) is 15.8. The summed E-state index contributed by atoms with van der Waals surface area (Å²) in [4.78, 5) is 8.25. The van der Waals surface area contributed by atoms with Crippen LogP contribution in [0.5, 0.6) is 0 Å². The Bertz CT molecular complexity index is 34.7. The van der Waals surface area contributed by atoms with Gasteiger partial charge in [0.1, 0.15) is 0 Å². The molecule has 0 unspecified atom stereocenters. The number of aliphatic hydroxyl groups is 1. The Labute approximate surface area is 55.6 Å². The minimum atomic E-state index is -1.75. The van der Waals surface area contributed by atoms with E-state index in [-0.39, 0.29) is 22.4 Å². The Morgan fingerprint density at radius 3 is 1.43 bits per heavy atom. The summed E-state index contributed by atoms with van der Waals surface area (Å²) in [5.74, 6) is 0. The van der Waals surface area contributed by atoms with Crippen LogP contribution in [0.25, 0.3) is 0 Å². The van der Waals surface area contributed by atoms with Crippen LogP contribution in [-0.4, -0.2) is 17.3 Å². The van der Waals surface area contributed by atoms with Gasteiger partial charge in [0.25, 0.3) is 0 Å². The second kappa shape index (κ2) is 16.8. The fraction of sp³-hybridized carbons (Fsp3) is 1.00. The molecular formula is CH4AgNO4. The molecule has 0 spiro atoms. The van der Waals surface area contributed by atoms with Crippen LogP contribution in [0.4, 0.5) is 0 Å². The minimum Gasteiger partial charge on any atom is -0.400 e. The summed E-state index contributed by atoms with van der Waals surface area (Å²) in [7, 11) is 1.00. The summed E-state index contributed by atoms with van der Waals surface area (Å²) in [6.45, 7) is 0. The molecule has 6 heteroatoms. The van der Waals surface area contributed by atoms with Crippen molar-refractivity contribution in [3.8, 4) is 0 Å². The summed E-state index contributed by atoms with van der Waals surface area (Å²) in [6.07, 6.45) is 0.